The summed E-state index contributed by atoms with van der Waals surface area (Å²) in [6.07, 6.45) is 1.58. The molecule has 6 nitrogen and oxygen atoms in total. The highest BCUT2D eigenvalue weighted by molar-refractivity contribution is 9.10. The van der Waals surface area contributed by atoms with E-state index in [1.54, 1.807) is 12.3 Å². The highest BCUT2D eigenvalue weighted by atomic mass is 79.9. The second-order valence-corrected chi connectivity index (χ2v) is 6.13. The van der Waals surface area contributed by atoms with E-state index >= 15 is 0 Å². The van der Waals surface area contributed by atoms with Crippen LogP contribution in [-0.4, -0.2) is 31.5 Å². The van der Waals surface area contributed by atoms with Gasteiger partial charge in [-0.3, -0.25) is 4.79 Å². The lowest BCUT2D eigenvalue weighted by Crippen LogP contribution is -2.04. The van der Waals surface area contributed by atoms with E-state index in [4.69, 9.17) is 9.63 Å². The SMILES string of the molecule is O=C(O)CSc1nc2cc(Br)ccc2n1Cc1ccno1. The Labute approximate surface area is 132 Å². The Morgan fingerprint density at radius 2 is 2.29 bits per heavy atom. The van der Waals surface area contributed by atoms with Gasteiger partial charge < -0.3 is 14.2 Å². The van der Waals surface area contributed by atoms with E-state index < -0.39 is 5.97 Å². The first-order valence-electron chi connectivity index (χ1n) is 6.03. The molecular formula is C13H10BrN3O3S. The summed E-state index contributed by atoms with van der Waals surface area (Å²) >= 11 is 4.59. The number of benzene rings is 1. The summed E-state index contributed by atoms with van der Waals surface area (Å²) in [6.45, 7) is 0.458. The van der Waals surface area contributed by atoms with E-state index in [2.05, 4.69) is 26.1 Å². The number of hydrogen-bond donors (Lipinski definition) is 1. The molecule has 0 radical (unpaired) electrons. The minimum atomic E-state index is -0.876. The first kappa shape index (κ1) is 14.2. The van der Waals surface area contributed by atoms with Crippen molar-refractivity contribution in [3.8, 4) is 0 Å². The Morgan fingerprint density at radius 1 is 1.43 bits per heavy atom. The van der Waals surface area contributed by atoms with E-state index in [9.17, 15) is 4.79 Å². The van der Waals surface area contributed by atoms with Gasteiger partial charge in [0.25, 0.3) is 0 Å². The molecule has 0 saturated carbocycles. The summed E-state index contributed by atoms with van der Waals surface area (Å²) in [5.41, 5.74) is 1.72. The molecule has 1 N–H and O–H groups in total. The maximum absolute atomic E-state index is 10.8. The van der Waals surface area contributed by atoms with E-state index in [1.165, 1.54) is 11.8 Å². The van der Waals surface area contributed by atoms with Crippen molar-refractivity contribution in [3.05, 3.63) is 40.7 Å². The number of nitrogens with zero attached hydrogens (tertiary/aromatic N) is 3. The van der Waals surface area contributed by atoms with Crippen LogP contribution in [0.15, 0.2) is 44.6 Å². The van der Waals surface area contributed by atoms with Gasteiger partial charge in [-0.15, -0.1) is 0 Å². The second-order valence-electron chi connectivity index (χ2n) is 4.27. The molecule has 108 valence electrons. The van der Waals surface area contributed by atoms with Gasteiger partial charge in [-0.25, -0.2) is 4.98 Å². The van der Waals surface area contributed by atoms with Crippen molar-refractivity contribution < 1.29 is 14.4 Å². The molecule has 0 aliphatic carbocycles. The van der Waals surface area contributed by atoms with Gasteiger partial charge in [0.2, 0.25) is 0 Å². The number of rotatable bonds is 5. The summed E-state index contributed by atoms with van der Waals surface area (Å²) in [7, 11) is 0. The number of carbonyl (C=O) groups is 1. The number of aromatic nitrogens is 3. The molecule has 0 saturated heterocycles. The molecule has 21 heavy (non-hydrogen) atoms. The lowest BCUT2D eigenvalue weighted by atomic mass is 10.3. The molecule has 3 aromatic rings. The lowest BCUT2D eigenvalue weighted by Gasteiger charge is -2.05. The van der Waals surface area contributed by atoms with E-state index in [1.807, 2.05) is 22.8 Å². The van der Waals surface area contributed by atoms with E-state index in [-0.39, 0.29) is 5.75 Å². The monoisotopic (exact) mass is 367 g/mol. The summed E-state index contributed by atoms with van der Waals surface area (Å²) in [6, 6.07) is 7.54. The Balaban J connectivity index is 2.03. The predicted molar refractivity (Wildman–Crippen MR) is 81.4 cm³/mol. The number of imidazole rings is 1. The average Bonchev–Trinajstić information content (AvgIpc) is 3.05. The van der Waals surface area contributed by atoms with Crippen molar-refractivity contribution in [2.24, 2.45) is 0 Å². The van der Waals surface area contributed by atoms with Gasteiger partial charge in [-0.05, 0) is 18.2 Å². The minimum Gasteiger partial charge on any atom is -0.481 e. The van der Waals surface area contributed by atoms with Crippen molar-refractivity contribution in [3.63, 3.8) is 0 Å². The number of carboxylic acid groups (broad SMARTS) is 1. The van der Waals surface area contributed by atoms with Crippen LogP contribution in [0.2, 0.25) is 0 Å². The van der Waals surface area contributed by atoms with Crippen LogP contribution in [0.4, 0.5) is 0 Å². The molecule has 2 heterocycles. The fourth-order valence-corrected chi connectivity index (χ4v) is 3.03. The smallest absolute Gasteiger partial charge is 0.313 e. The van der Waals surface area contributed by atoms with Gasteiger partial charge in [0.05, 0.1) is 29.5 Å². The summed E-state index contributed by atoms with van der Waals surface area (Å²) in [4.78, 5) is 15.3. The lowest BCUT2D eigenvalue weighted by molar-refractivity contribution is -0.133. The summed E-state index contributed by atoms with van der Waals surface area (Å²) in [5, 5.41) is 13.2. The van der Waals surface area contributed by atoms with Gasteiger partial charge in [0.1, 0.15) is 0 Å². The first-order chi connectivity index (χ1) is 10.1. The predicted octanol–water partition coefficient (Wildman–Crippen LogP) is 3.01. The quantitative estimate of drug-likeness (QED) is 0.698. The molecule has 0 atom stereocenters. The van der Waals surface area contributed by atoms with E-state index in [0.29, 0.717) is 17.5 Å². The number of fused-ring (bicyclic) bond motifs is 1. The van der Waals surface area contributed by atoms with Crippen molar-refractivity contribution in [1.82, 2.24) is 14.7 Å². The van der Waals surface area contributed by atoms with Crippen LogP contribution in [0.25, 0.3) is 11.0 Å². The number of carboxylic acids is 1. The maximum atomic E-state index is 10.8. The van der Waals surface area contributed by atoms with Crippen LogP contribution in [-0.2, 0) is 11.3 Å². The molecule has 0 bridgehead atoms. The van der Waals surface area contributed by atoms with Crippen LogP contribution in [0.1, 0.15) is 5.76 Å². The maximum Gasteiger partial charge on any atom is 0.313 e. The number of aliphatic carboxylic acids is 1. The third-order valence-corrected chi connectivity index (χ3v) is 4.26. The van der Waals surface area contributed by atoms with Crippen molar-refractivity contribution in [1.29, 1.82) is 0 Å². The zero-order chi connectivity index (χ0) is 14.8. The normalized spacial score (nSPS) is 11.1. The Hall–Kier alpha value is -1.80. The second kappa shape index (κ2) is 5.90. The highest BCUT2D eigenvalue weighted by Crippen LogP contribution is 2.27. The average molecular weight is 368 g/mol. The molecule has 0 spiro atoms. The van der Waals surface area contributed by atoms with Gasteiger partial charge in [0.15, 0.2) is 10.9 Å². The minimum absolute atomic E-state index is 0.0408. The Kier molecular flexibility index (Phi) is 3.98. The largest absolute Gasteiger partial charge is 0.481 e. The molecule has 0 aliphatic rings. The number of halogens is 1. The fraction of sp³-hybridized carbons (Fsp3) is 0.154. The van der Waals surface area contributed by atoms with Crippen LogP contribution in [0.3, 0.4) is 0 Å². The Bertz CT molecular complexity index is 785. The Morgan fingerprint density at radius 3 is 3.00 bits per heavy atom. The molecule has 1 aromatic carbocycles. The van der Waals surface area contributed by atoms with Crippen molar-refractivity contribution in [2.75, 3.05) is 5.75 Å². The van der Waals surface area contributed by atoms with Crippen LogP contribution >= 0.6 is 27.7 Å². The highest BCUT2D eigenvalue weighted by Gasteiger charge is 2.14. The molecule has 3 rings (SSSR count). The van der Waals surface area contributed by atoms with E-state index in [0.717, 1.165) is 15.5 Å². The molecule has 2 aromatic heterocycles. The molecule has 0 unspecified atom stereocenters. The number of thioether (sulfide) groups is 1. The van der Waals surface area contributed by atoms with Gasteiger partial charge >= 0.3 is 5.97 Å². The summed E-state index contributed by atoms with van der Waals surface area (Å²) < 4.78 is 7.98. The fourth-order valence-electron chi connectivity index (χ4n) is 1.95. The molecule has 8 heteroatoms. The van der Waals surface area contributed by atoms with Gasteiger partial charge in [0, 0.05) is 10.5 Å². The standard InChI is InChI=1S/C13H10BrN3O3S/c14-8-1-2-11-10(5-8)16-13(21-7-12(18)19)17(11)6-9-3-4-15-20-9/h1-5H,6-7H2,(H,18,19). The van der Waals surface area contributed by atoms with Crippen LogP contribution in [0.5, 0.6) is 0 Å². The zero-order valence-corrected chi connectivity index (χ0v) is 13.1. The molecule has 0 fully saturated rings. The molecule has 0 amide bonds. The first-order valence-corrected chi connectivity index (χ1v) is 7.81. The molecule has 0 aliphatic heterocycles. The third-order valence-electron chi connectivity index (χ3n) is 2.81. The van der Waals surface area contributed by atoms with Crippen molar-refractivity contribution in [2.45, 2.75) is 11.7 Å². The number of hydrogen-bond acceptors (Lipinski definition) is 5. The topological polar surface area (TPSA) is 81.1 Å². The van der Waals surface area contributed by atoms with Crippen molar-refractivity contribution >= 4 is 44.7 Å². The van der Waals surface area contributed by atoms with Gasteiger partial charge in [-0.1, -0.05) is 32.8 Å². The van der Waals surface area contributed by atoms with Gasteiger partial charge in [-0.2, -0.15) is 0 Å². The van der Waals surface area contributed by atoms with Crippen LogP contribution < -0.4 is 0 Å². The zero-order valence-electron chi connectivity index (χ0n) is 10.7. The summed E-state index contributed by atoms with van der Waals surface area (Å²) in [5.74, 6) is -0.227. The molecular weight excluding hydrogens is 358 g/mol. The van der Waals surface area contributed by atoms with Crippen LogP contribution in [0, 0.1) is 0 Å². The third kappa shape index (κ3) is 3.11.